The van der Waals surface area contributed by atoms with Crippen molar-refractivity contribution in [3.05, 3.63) is 28.4 Å². The first-order chi connectivity index (χ1) is 10.1. The minimum Gasteiger partial charge on any atom is -0.325 e. The molecule has 0 amide bonds. The molecule has 1 fully saturated rings. The average Bonchev–Trinajstić information content (AvgIpc) is 3.09. The molecule has 0 N–H and O–H groups in total. The van der Waals surface area contributed by atoms with Crippen molar-refractivity contribution in [3.8, 4) is 11.5 Å². The zero-order valence-corrected chi connectivity index (χ0v) is 13.7. The van der Waals surface area contributed by atoms with Gasteiger partial charge in [-0.25, -0.2) is 15.0 Å². The first-order valence-corrected chi connectivity index (χ1v) is 8.08. The molecule has 0 radical (unpaired) electrons. The predicted molar refractivity (Wildman–Crippen MR) is 84.9 cm³/mol. The van der Waals surface area contributed by atoms with E-state index in [4.69, 9.17) is 23.2 Å². The van der Waals surface area contributed by atoms with Crippen LogP contribution >= 0.6 is 23.2 Å². The highest BCUT2D eigenvalue weighted by Gasteiger charge is 2.25. The number of hydrogen-bond donors (Lipinski definition) is 0. The summed E-state index contributed by atoms with van der Waals surface area (Å²) in [5.74, 6) is 0.937. The van der Waals surface area contributed by atoms with Crippen LogP contribution in [0.2, 0.25) is 10.3 Å². The summed E-state index contributed by atoms with van der Waals surface area (Å²) in [6.45, 7) is 4.17. The highest BCUT2D eigenvalue weighted by molar-refractivity contribution is 6.34. The van der Waals surface area contributed by atoms with E-state index in [1.807, 2.05) is 4.57 Å². The van der Waals surface area contributed by atoms with E-state index in [1.54, 1.807) is 12.5 Å². The summed E-state index contributed by atoms with van der Waals surface area (Å²) < 4.78 is 2.01. The number of hydrogen-bond acceptors (Lipinski definition) is 3. The second kappa shape index (κ2) is 5.93. The molecule has 21 heavy (non-hydrogen) atoms. The van der Waals surface area contributed by atoms with Gasteiger partial charge >= 0.3 is 0 Å². The summed E-state index contributed by atoms with van der Waals surface area (Å²) in [6, 6.07) is 0.276. The molecule has 6 heteroatoms. The molecule has 0 atom stereocenters. The van der Waals surface area contributed by atoms with Gasteiger partial charge in [0.15, 0.2) is 5.82 Å². The number of halogens is 2. The van der Waals surface area contributed by atoms with Crippen molar-refractivity contribution in [2.24, 2.45) is 0 Å². The van der Waals surface area contributed by atoms with E-state index >= 15 is 0 Å². The lowest BCUT2D eigenvalue weighted by molar-refractivity contribution is 0.603. The van der Waals surface area contributed by atoms with Gasteiger partial charge in [0.25, 0.3) is 0 Å². The molecule has 2 heterocycles. The third-order valence-electron chi connectivity index (χ3n) is 4.07. The molecule has 2 aromatic heterocycles. The Bertz CT molecular complexity index is 622. The topological polar surface area (TPSA) is 43.6 Å². The fourth-order valence-corrected chi connectivity index (χ4v) is 3.67. The van der Waals surface area contributed by atoms with Gasteiger partial charge in [0.05, 0.1) is 12.5 Å². The van der Waals surface area contributed by atoms with E-state index in [9.17, 15) is 0 Å². The van der Waals surface area contributed by atoms with E-state index in [2.05, 4.69) is 28.8 Å². The molecule has 0 aromatic carbocycles. The average molecular weight is 325 g/mol. The number of aromatic nitrogens is 4. The normalized spacial score (nSPS) is 16.0. The van der Waals surface area contributed by atoms with Crippen LogP contribution in [-0.2, 0) is 0 Å². The third-order valence-corrected chi connectivity index (χ3v) is 4.64. The van der Waals surface area contributed by atoms with E-state index in [1.165, 1.54) is 12.8 Å². The van der Waals surface area contributed by atoms with Crippen LogP contribution in [0.25, 0.3) is 11.5 Å². The Morgan fingerprint density at radius 2 is 1.76 bits per heavy atom. The minimum atomic E-state index is 0.276. The van der Waals surface area contributed by atoms with Gasteiger partial charge in [-0.15, -0.1) is 0 Å². The lowest BCUT2D eigenvalue weighted by atomic mass is 10.0. The molecule has 0 spiro atoms. The van der Waals surface area contributed by atoms with Gasteiger partial charge in [-0.1, -0.05) is 36.0 Å². The minimum absolute atomic E-state index is 0.276. The van der Waals surface area contributed by atoms with E-state index in [0.29, 0.717) is 22.0 Å². The predicted octanol–water partition coefficient (Wildman–Crippen LogP) is 4.89. The summed E-state index contributed by atoms with van der Waals surface area (Å²) in [5, 5.41) is 0.960. The summed E-state index contributed by atoms with van der Waals surface area (Å²) in [6.07, 6.45) is 8.20. The van der Waals surface area contributed by atoms with Crippen LogP contribution in [0.4, 0.5) is 0 Å². The third kappa shape index (κ3) is 2.79. The Hall–Kier alpha value is -1.13. The Labute approximate surface area is 134 Å². The largest absolute Gasteiger partial charge is 0.325 e. The highest BCUT2D eigenvalue weighted by Crippen LogP contribution is 2.40. The smallest absolute Gasteiger partial charge is 0.180 e. The van der Waals surface area contributed by atoms with E-state index in [-0.39, 0.29) is 6.04 Å². The van der Waals surface area contributed by atoms with Crippen LogP contribution in [0, 0.1) is 0 Å². The standard InChI is InChI=1S/C15H18Cl2N4/c1-9(2)21-8-18-7-11(21)15-19-13(16)12(14(17)20-15)10-5-3-4-6-10/h7-10H,3-6H2,1-2H3. The van der Waals surface area contributed by atoms with Gasteiger partial charge in [0.1, 0.15) is 16.0 Å². The van der Waals surface area contributed by atoms with Gasteiger partial charge < -0.3 is 4.57 Å². The van der Waals surface area contributed by atoms with Crippen LogP contribution < -0.4 is 0 Å². The highest BCUT2D eigenvalue weighted by atomic mass is 35.5. The van der Waals surface area contributed by atoms with E-state index < -0.39 is 0 Å². The molecule has 4 nitrogen and oxygen atoms in total. The molecular weight excluding hydrogens is 307 g/mol. The summed E-state index contributed by atoms with van der Waals surface area (Å²) in [5.41, 5.74) is 1.75. The monoisotopic (exact) mass is 324 g/mol. The Kier molecular flexibility index (Phi) is 4.18. The van der Waals surface area contributed by atoms with Crippen molar-refractivity contribution in [2.45, 2.75) is 51.5 Å². The molecular formula is C15H18Cl2N4. The molecule has 2 aromatic rings. The fraction of sp³-hybridized carbons (Fsp3) is 0.533. The molecule has 112 valence electrons. The zero-order chi connectivity index (χ0) is 15.0. The Morgan fingerprint density at radius 1 is 1.14 bits per heavy atom. The van der Waals surface area contributed by atoms with Crippen LogP contribution in [0.5, 0.6) is 0 Å². The SMILES string of the molecule is CC(C)n1cncc1-c1nc(Cl)c(C2CCCC2)c(Cl)n1. The Morgan fingerprint density at radius 3 is 2.33 bits per heavy atom. The van der Waals surface area contributed by atoms with Crippen LogP contribution in [0.1, 0.15) is 57.1 Å². The van der Waals surface area contributed by atoms with Crippen molar-refractivity contribution in [1.29, 1.82) is 0 Å². The van der Waals surface area contributed by atoms with Crippen LogP contribution in [-0.4, -0.2) is 19.5 Å². The van der Waals surface area contributed by atoms with Gasteiger partial charge in [-0.05, 0) is 32.6 Å². The first kappa shape index (κ1) is 14.8. The second-order valence-electron chi connectivity index (χ2n) is 5.80. The molecule has 1 saturated carbocycles. The maximum atomic E-state index is 6.40. The number of imidazole rings is 1. The number of rotatable bonds is 3. The van der Waals surface area contributed by atoms with Crippen LogP contribution in [0.3, 0.4) is 0 Å². The number of nitrogens with zero attached hydrogens (tertiary/aromatic N) is 4. The van der Waals surface area contributed by atoms with Gasteiger partial charge in [-0.2, -0.15) is 0 Å². The lowest BCUT2D eigenvalue weighted by Crippen LogP contribution is -2.06. The van der Waals surface area contributed by atoms with Crippen molar-refractivity contribution in [1.82, 2.24) is 19.5 Å². The quantitative estimate of drug-likeness (QED) is 0.755. The molecule has 1 aliphatic rings. The molecule has 0 saturated heterocycles. The van der Waals surface area contributed by atoms with Gasteiger partial charge in [0, 0.05) is 11.6 Å². The van der Waals surface area contributed by atoms with Crippen molar-refractivity contribution in [3.63, 3.8) is 0 Å². The Balaban J connectivity index is 2.03. The molecule has 0 aliphatic heterocycles. The van der Waals surface area contributed by atoms with Crippen molar-refractivity contribution in [2.75, 3.05) is 0 Å². The molecule has 0 unspecified atom stereocenters. The molecule has 0 bridgehead atoms. The second-order valence-corrected chi connectivity index (χ2v) is 6.52. The van der Waals surface area contributed by atoms with Gasteiger partial charge in [0.2, 0.25) is 0 Å². The van der Waals surface area contributed by atoms with Crippen molar-refractivity contribution < 1.29 is 0 Å². The van der Waals surface area contributed by atoms with Crippen molar-refractivity contribution >= 4 is 23.2 Å². The lowest BCUT2D eigenvalue weighted by Gasteiger charge is -2.15. The molecule has 3 rings (SSSR count). The maximum absolute atomic E-state index is 6.40. The molecule has 1 aliphatic carbocycles. The fourth-order valence-electron chi connectivity index (χ4n) is 2.97. The first-order valence-electron chi connectivity index (χ1n) is 7.33. The summed E-state index contributed by atoms with van der Waals surface area (Å²) in [4.78, 5) is 13.1. The summed E-state index contributed by atoms with van der Waals surface area (Å²) in [7, 11) is 0. The zero-order valence-electron chi connectivity index (χ0n) is 12.2. The summed E-state index contributed by atoms with van der Waals surface area (Å²) >= 11 is 12.8. The van der Waals surface area contributed by atoms with Crippen LogP contribution in [0.15, 0.2) is 12.5 Å². The van der Waals surface area contributed by atoms with Gasteiger partial charge in [-0.3, -0.25) is 0 Å². The van der Waals surface area contributed by atoms with E-state index in [0.717, 1.165) is 24.1 Å². The maximum Gasteiger partial charge on any atom is 0.180 e.